The molecule has 0 aromatic carbocycles. The molecule has 8 heteroatoms. The van der Waals surface area contributed by atoms with Gasteiger partial charge in [-0.25, -0.2) is 0 Å². The first-order valence-electron chi connectivity index (χ1n) is 6.15. The summed E-state index contributed by atoms with van der Waals surface area (Å²) in [6.07, 6.45) is -0.794. The van der Waals surface area contributed by atoms with E-state index in [9.17, 15) is 18.0 Å². The summed E-state index contributed by atoms with van der Waals surface area (Å²) in [6, 6.07) is 0. The number of carbonyl (C=O) groups is 1. The predicted octanol–water partition coefficient (Wildman–Crippen LogP) is 1.75. The maximum atomic E-state index is 12.1. The number of hydrogen-bond donors (Lipinski definition) is 3. The molecule has 1 fully saturated rings. The number of nitrogens with one attached hydrogen (secondary N) is 1. The van der Waals surface area contributed by atoms with Crippen LogP contribution in [0.4, 0.5) is 13.2 Å². The van der Waals surface area contributed by atoms with Crippen LogP contribution in [0.2, 0.25) is 0 Å². The summed E-state index contributed by atoms with van der Waals surface area (Å²) in [7, 11) is 0. The smallest absolute Gasteiger partial charge is 0.405 e. The highest BCUT2D eigenvalue weighted by molar-refractivity contribution is 6.06. The second-order valence-corrected chi connectivity index (χ2v) is 4.78. The van der Waals surface area contributed by atoms with Crippen LogP contribution in [-0.2, 0) is 4.79 Å². The average Bonchev–Trinajstić information content (AvgIpc) is 2.60. The summed E-state index contributed by atoms with van der Waals surface area (Å²) in [4.78, 5) is 12.0. The number of oxime groups is 1. The topological polar surface area (TPSA) is 87.7 Å². The molecule has 1 amide bonds. The Bertz CT molecular complexity index is 348. The number of amides is 1. The first-order chi connectivity index (χ1) is 8.82. The van der Waals surface area contributed by atoms with E-state index in [1.807, 2.05) is 5.32 Å². The minimum absolute atomic E-state index is 0.298. The summed E-state index contributed by atoms with van der Waals surface area (Å²) in [5, 5.41) is 13.5. The van der Waals surface area contributed by atoms with E-state index in [4.69, 9.17) is 10.9 Å². The number of carbonyl (C=O) groups excluding carboxylic acids is 1. The molecule has 1 aliphatic rings. The minimum Gasteiger partial charge on any atom is -0.409 e. The van der Waals surface area contributed by atoms with Gasteiger partial charge in [-0.1, -0.05) is 30.8 Å². The van der Waals surface area contributed by atoms with Crippen molar-refractivity contribution in [1.29, 1.82) is 0 Å². The molecule has 1 saturated carbocycles. The highest BCUT2D eigenvalue weighted by atomic mass is 19.4. The van der Waals surface area contributed by atoms with Gasteiger partial charge in [0, 0.05) is 0 Å². The molecule has 0 unspecified atom stereocenters. The highest BCUT2D eigenvalue weighted by Crippen LogP contribution is 2.35. The highest BCUT2D eigenvalue weighted by Gasteiger charge is 2.44. The van der Waals surface area contributed by atoms with E-state index >= 15 is 0 Å². The molecule has 0 heterocycles. The van der Waals surface area contributed by atoms with Crippen molar-refractivity contribution >= 4 is 11.7 Å². The molecule has 0 aromatic rings. The fourth-order valence-corrected chi connectivity index (χ4v) is 2.38. The van der Waals surface area contributed by atoms with Gasteiger partial charge in [-0.15, -0.1) is 0 Å². The molecule has 0 bridgehead atoms. The molecule has 0 saturated heterocycles. The summed E-state index contributed by atoms with van der Waals surface area (Å²) in [5.74, 6) is -1.13. The van der Waals surface area contributed by atoms with Crippen molar-refractivity contribution in [3.8, 4) is 0 Å². The monoisotopic (exact) mass is 281 g/mol. The van der Waals surface area contributed by atoms with Gasteiger partial charge in [-0.05, 0) is 12.8 Å². The molecule has 0 radical (unpaired) electrons. The summed E-state index contributed by atoms with van der Waals surface area (Å²) < 4.78 is 36.4. The lowest BCUT2D eigenvalue weighted by molar-refractivity contribution is -0.142. The number of rotatable bonds is 3. The number of hydrogen-bond acceptors (Lipinski definition) is 3. The standard InChI is InChI=1S/C11H18F3N3O2/c12-11(13,14)7-16-9(18)10(8(15)17-19)5-3-1-2-4-6-10/h19H,1-7H2,(H2,15,17)(H,16,18). The fourth-order valence-electron chi connectivity index (χ4n) is 2.38. The molecule has 0 aliphatic heterocycles. The molecule has 1 rings (SSSR count). The van der Waals surface area contributed by atoms with E-state index in [1.165, 1.54) is 0 Å². The largest absolute Gasteiger partial charge is 0.409 e. The molecule has 19 heavy (non-hydrogen) atoms. The van der Waals surface area contributed by atoms with E-state index in [1.54, 1.807) is 0 Å². The first-order valence-corrected chi connectivity index (χ1v) is 6.15. The van der Waals surface area contributed by atoms with Crippen LogP contribution >= 0.6 is 0 Å². The molecule has 0 atom stereocenters. The van der Waals surface area contributed by atoms with Crippen LogP contribution in [0, 0.1) is 5.41 Å². The van der Waals surface area contributed by atoms with Crippen molar-refractivity contribution < 1.29 is 23.2 Å². The minimum atomic E-state index is -4.48. The van der Waals surface area contributed by atoms with Crippen LogP contribution in [-0.4, -0.2) is 29.7 Å². The average molecular weight is 281 g/mol. The van der Waals surface area contributed by atoms with Gasteiger partial charge in [0.05, 0.1) is 0 Å². The Morgan fingerprint density at radius 2 is 1.79 bits per heavy atom. The second kappa shape index (κ2) is 6.12. The van der Waals surface area contributed by atoms with Crippen molar-refractivity contribution in [3.63, 3.8) is 0 Å². The van der Waals surface area contributed by atoms with Gasteiger partial charge in [0.15, 0.2) is 5.84 Å². The normalized spacial score (nSPS) is 20.7. The maximum absolute atomic E-state index is 12.1. The van der Waals surface area contributed by atoms with Gasteiger partial charge in [0.25, 0.3) is 0 Å². The third-order valence-electron chi connectivity index (χ3n) is 3.44. The molecule has 5 nitrogen and oxygen atoms in total. The van der Waals surface area contributed by atoms with Gasteiger partial charge < -0.3 is 16.3 Å². The number of halogens is 3. The molecular weight excluding hydrogens is 263 g/mol. The summed E-state index contributed by atoms with van der Waals surface area (Å²) in [6.45, 7) is -1.41. The maximum Gasteiger partial charge on any atom is 0.405 e. The third-order valence-corrected chi connectivity index (χ3v) is 3.44. The van der Waals surface area contributed by atoms with Gasteiger partial charge in [-0.3, -0.25) is 4.79 Å². The molecular formula is C11H18F3N3O2. The molecule has 4 N–H and O–H groups in total. The van der Waals surface area contributed by atoms with Crippen LogP contribution in [0.3, 0.4) is 0 Å². The number of alkyl halides is 3. The Morgan fingerprint density at radius 3 is 2.21 bits per heavy atom. The van der Waals surface area contributed by atoms with Crippen molar-refractivity contribution in [3.05, 3.63) is 0 Å². The zero-order valence-electron chi connectivity index (χ0n) is 10.5. The summed E-state index contributed by atoms with van der Waals surface area (Å²) >= 11 is 0. The number of nitrogens with two attached hydrogens (primary N) is 1. The lowest BCUT2D eigenvalue weighted by Gasteiger charge is -2.30. The fraction of sp³-hybridized carbons (Fsp3) is 0.818. The van der Waals surface area contributed by atoms with Crippen LogP contribution in [0.15, 0.2) is 5.16 Å². The Morgan fingerprint density at radius 1 is 1.26 bits per heavy atom. The molecule has 110 valence electrons. The Labute approximate surface area is 109 Å². The van der Waals surface area contributed by atoms with Crippen molar-refractivity contribution in [2.45, 2.75) is 44.7 Å². The molecule has 0 aromatic heterocycles. The van der Waals surface area contributed by atoms with E-state index in [0.29, 0.717) is 25.7 Å². The molecule has 1 aliphatic carbocycles. The van der Waals surface area contributed by atoms with Crippen molar-refractivity contribution in [1.82, 2.24) is 5.32 Å². The molecule has 0 spiro atoms. The van der Waals surface area contributed by atoms with E-state index in [0.717, 1.165) is 12.8 Å². The summed E-state index contributed by atoms with van der Waals surface area (Å²) in [5.41, 5.74) is 4.23. The Balaban J connectivity index is 2.87. The number of nitrogens with zero attached hydrogens (tertiary/aromatic N) is 1. The first kappa shape index (κ1) is 15.6. The van der Waals surface area contributed by atoms with Crippen LogP contribution < -0.4 is 11.1 Å². The van der Waals surface area contributed by atoms with Crippen LogP contribution in [0.5, 0.6) is 0 Å². The van der Waals surface area contributed by atoms with Crippen molar-refractivity contribution in [2.75, 3.05) is 6.54 Å². The van der Waals surface area contributed by atoms with Crippen molar-refractivity contribution in [2.24, 2.45) is 16.3 Å². The van der Waals surface area contributed by atoms with Crippen LogP contribution in [0.25, 0.3) is 0 Å². The van der Waals surface area contributed by atoms with Gasteiger partial charge >= 0.3 is 6.18 Å². The zero-order chi connectivity index (χ0) is 14.5. The second-order valence-electron chi connectivity index (χ2n) is 4.78. The lowest BCUT2D eigenvalue weighted by atomic mass is 9.78. The van der Waals surface area contributed by atoms with Gasteiger partial charge in [0.2, 0.25) is 5.91 Å². The Hall–Kier alpha value is -1.47. The van der Waals surface area contributed by atoms with E-state index in [-0.39, 0.29) is 5.84 Å². The lowest BCUT2D eigenvalue weighted by Crippen LogP contribution is -2.51. The number of amidine groups is 1. The van der Waals surface area contributed by atoms with Gasteiger partial charge in [-0.2, -0.15) is 13.2 Å². The van der Waals surface area contributed by atoms with Crippen LogP contribution in [0.1, 0.15) is 38.5 Å². The van der Waals surface area contributed by atoms with Gasteiger partial charge in [0.1, 0.15) is 12.0 Å². The van der Waals surface area contributed by atoms with E-state index < -0.39 is 24.0 Å². The predicted molar refractivity (Wildman–Crippen MR) is 62.6 cm³/mol. The quantitative estimate of drug-likeness (QED) is 0.242. The van der Waals surface area contributed by atoms with E-state index in [2.05, 4.69) is 5.16 Å². The SMILES string of the molecule is NC(=NO)C1(C(=O)NCC(F)(F)F)CCCCCC1. The third kappa shape index (κ3) is 4.00. The Kier molecular flexibility index (Phi) is 5.02. The zero-order valence-corrected chi connectivity index (χ0v) is 10.5.